The van der Waals surface area contributed by atoms with Crippen LogP contribution in [0.2, 0.25) is 0 Å². The molecule has 1 amide bonds. The molecular formula is C14H20N2O4S. The maximum Gasteiger partial charge on any atom is 0.243 e. The molecule has 6 nitrogen and oxygen atoms in total. The number of benzene rings is 1. The van der Waals surface area contributed by atoms with E-state index in [4.69, 9.17) is 0 Å². The lowest BCUT2D eigenvalue weighted by Gasteiger charge is -2.47. The Balaban J connectivity index is 2.13. The van der Waals surface area contributed by atoms with Crippen LogP contribution in [-0.2, 0) is 14.8 Å². The van der Waals surface area contributed by atoms with Gasteiger partial charge in [-0.3, -0.25) is 4.79 Å². The third-order valence-corrected chi connectivity index (χ3v) is 5.59. The topological polar surface area (TPSA) is 86.7 Å². The van der Waals surface area contributed by atoms with E-state index < -0.39 is 15.6 Å². The maximum absolute atomic E-state index is 12.4. The summed E-state index contributed by atoms with van der Waals surface area (Å²) in [6, 6.07) is 5.99. The van der Waals surface area contributed by atoms with Crippen molar-refractivity contribution in [1.29, 1.82) is 0 Å². The standard InChI is InChI=1S/C14H20N2O4S/c1-10(2)14(18)8-16(9-14)21(19,20)13-6-4-12(5-7-13)15-11(3)17/h4-7,10,18H,8-9H2,1-3H3,(H,15,17). The molecule has 0 spiro atoms. The van der Waals surface area contributed by atoms with E-state index in [9.17, 15) is 18.3 Å². The molecule has 21 heavy (non-hydrogen) atoms. The van der Waals surface area contributed by atoms with Crippen LogP contribution in [0.3, 0.4) is 0 Å². The lowest BCUT2D eigenvalue weighted by Crippen LogP contribution is -2.65. The van der Waals surface area contributed by atoms with E-state index in [1.54, 1.807) is 12.1 Å². The van der Waals surface area contributed by atoms with E-state index in [0.717, 1.165) is 0 Å². The molecule has 0 atom stereocenters. The Bertz CT molecular complexity index is 631. The van der Waals surface area contributed by atoms with Crippen LogP contribution in [0.4, 0.5) is 5.69 Å². The zero-order valence-electron chi connectivity index (χ0n) is 12.3. The van der Waals surface area contributed by atoms with Gasteiger partial charge in [0.15, 0.2) is 0 Å². The highest BCUT2D eigenvalue weighted by atomic mass is 32.2. The fourth-order valence-electron chi connectivity index (χ4n) is 2.16. The Morgan fingerprint density at radius 3 is 2.24 bits per heavy atom. The Labute approximate surface area is 124 Å². The molecule has 0 saturated carbocycles. The summed E-state index contributed by atoms with van der Waals surface area (Å²) in [7, 11) is -3.59. The van der Waals surface area contributed by atoms with Crippen LogP contribution in [0.25, 0.3) is 0 Å². The molecule has 1 aromatic carbocycles. The predicted octanol–water partition coefficient (Wildman–Crippen LogP) is 1.04. The van der Waals surface area contributed by atoms with Crippen LogP contribution in [0.15, 0.2) is 29.2 Å². The summed E-state index contributed by atoms with van der Waals surface area (Å²) in [6.07, 6.45) is 0. The second-order valence-electron chi connectivity index (χ2n) is 5.74. The molecule has 0 radical (unpaired) electrons. The maximum atomic E-state index is 12.4. The average Bonchev–Trinajstić information content (AvgIpc) is 2.34. The number of carbonyl (C=O) groups excluding carboxylic acids is 1. The van der Waals surface area contributed by atoms with Crippen molar-refractivity contribution in [1.82, 2.24) is 4.31 Å². The van der Waals surface area contributed by atoms with Crippen molar-refractivity contribution in [2.45, 2.75) is 31.3 Å². The number of nitrogens with one attached hydrogen (secondary N) is 1. The van der Waals surface area contributed by atoms with E-state index in [1.165, 1.54) is 23.4 Å². The van der Waals surface area contributed by atoms with Gasteiger partial charge in [0, 0.05) is 25.7 Å². The number of sulfonamides is 1. The Hall–Kier alpha value is -1.44. The number of hydrogen-bond acceptors (Lipinski definition) is 4. The molecule has 1 aliphatic rings. The van der Waals surface area contributed by atoms with Gasteiger partial charge in [0.25, 0.3) is 0 Å². The number of nitrogens with zero attached hydrogens (tertiary/aromatic N) is 1. The molecule has 1 saturated heterocycles. The highest BCUT2D eigenvalue weighted by Crippen LogP contribution is 2.33. The van der Waals surface area contributed by atoms with Crippen LogP contribution >= 0.6 is 0 Å². The van der Waals surface area contributed by atoms with Crippen LogP contribution in [0, 0.1) is 5.92 Å². The van der Waals surface area contributed by atoms with Gasteiger partial charge in [0.1, 0.15) is 0 Å². The summed E-state index contributed by atoms with van der Waals surface area (Å²) in [4.78, 5) is 11.1. The fraction of sp³-hybridized carbons (Fsp3) is 0.500. The number of anilines is 1. The van der Waals surface area contributed by atoms with Crippen molar-refractivity contribution in [3.63, 3.8) is 0 Å². The molecule has 1 heterocycles. The predicted molar refractivity (Wildman–Crippen MR) is 79.3 cm³/mol. The normalized spacial score (nSPS) is 18.3. The first-order valence-electron chi connectivity index (χ1n) is 6.75. The van der Waals surface area contributed by atoms with Crippen molar-refractivity contribution in [2.75, 3.05) is 18.4 Å². The molecule has 116 valence electrons. The van der Waals surface area contributed by atoms with Gasteiger partial charge in [0.2, 0.25) is 15.9 Å². The second-order valence-corrected chi connectivity index (χ2v) is 7.67. The number of hydrogen-bond donors (Lipinski definition) is 2. The summed E-state index contributed by atoms with van der Waals surface area (Å²) in [5, 5.41) is 12.7. The van der Waals surface area contributed by atoms with Crippen molar-refractivity contribution < 1.29 is 18.3 Å². The quantitative estimate of drug-likeness (QED) is 0.869. The van der Waals surface area contributed by atoms with Gasteiger partial charge in [-0.1, -0.05) is 13.8 Å². The van der Waals surface area contributed by atoms with Crippen molar-refractivity contribution in [3.8, 4) is 0 Å². The lowest BCUT2D eigenvalue weighted by atomic mass is 9.85. The molecule has 7 heteroatoms. The van der Waals surface area contributed by atoms with Gasteiger partial charge in [-0.2, -0.15) is 4.31 Å². The van der Waals surface area contributed by atoms with E-state index in [-0.39, 0.29) is 29.8 Å². The minimum atomic E-state index is -3.59. The molecular weight excluding hydrogens is 292 g/mol. The zero-order chi connectivity index (χ0) is 15.8. The molecule has 1 aliphatic heterocycles. The summed E-state index contributed by atoms with van der Waals surface area (Å²) < 4.78 is 26.0. The van der Waals surface area contributed by atoms with Crippen LogP contribution in [0.1, 0.15) is 20.8 Å². The highest BCUT2D eigenvalue weighted by Gasteiger charge is 2.49. The zero-order valence-corrected chi connectivity index (χ0v) is 13.1. The van der Waals surface area contributed by atoms with Gasteiger partial charge in [0.05, 0.1) is 10.5 Å². The number of carbonyl (C=O) groups is 1. The largest absolute Gasteiger partial charge is 0.387 e. The monoisotopic (exact) mass is 312 g/mol. The highest BCUT2D eigenvalue weighted by molar-refractivity contribution is 7.89. The molecule has 2 rings (SSSR count). The van der Waals surface area contributed by atoms with Gasteiger partial charge in [-0.05, 0) is 30.2 Å². The number of aliphatic hydroxyl groups is 1. The number of rotatable bonds is 4. The molecule has 0 aliphatic carbocycles. The first kappa shape index (κ1) is 15.9. The number of amides is 1. The molecule has 0 bridgehead atoms. The van der Waals surface area contributed by atoms with Crippen LogP contribution in [-0.4, -0.2) is 42.4 Å². The smallest absolute Gasteiger partial charge is 0.243 e. The van der Waals surface area contributed by atoms with Gasteiger partial charge in [-0.15, -0.1) is 0 Å². The third kappa shape index (κ3) is 3.09. The first-order chi connectivity index (χ1) is 9.65. The van der Waals surface area contributed by atoms with Crippen LogP contribution in [0.5, 0.6) is 0 Å². The molecule has 0 unspecified atom stereocenters. The summed E-state index contributed by atoms with van der Waals surface area (Å²) in [5.41, 5.74) is -0.396. The Morgan fingerprint density at radius 2 is 1.81 bits per heavy atom. The minimum Gasteiger partial charge on any atom is -0.387 e. The third-order valence-electron chi connectivity index (χ3n) is 3.79. The van der Waals surface area contributed by atoms with Crippen molar-refractivity contribution >= 4 is 21.6 Å². The van der Waals surface area contributed by atoms with Crippen molar-refractivity contribution in [2.24, 2.45) is 5.92 Å². The van der Waals surface area contributed by atoms with E-state index in [2.05, 4.69) is 5.32 Å². The molecule has 2 N–H and O–H groups in total. The SMILES string of the molecule is CC(=O)Nc1ccc(S(=O)(=O)N2CC(O)(C(C)C)C2)cc1. The van der Waals surface area contributed by atoms with Gasteiger partial charge >= 0.3 is 0 Å². The second kappa shape index (κ2) is 5.40. The van der Waals surface area contributed by atoms with E-state index in [0.29, 0.717) is 5.69 Å². The summed E-state index contributed by atoms with van der Waals surface area (Å²) >= 11 is 0. The van der Waals surface area contributed by atoms with E-state index in [1.807, 2.05) is 13.8 Å². The van der Waals surface area contributed by atoms with E-state index >= 15 is 0 Å². The van der Waals surface area contributed by atoms with Crippen molar-refractivity contribution in [3.05, 3.63) is 24.3 Å². The lowest BCUT2D eigenvalue weighted by molar-refractivity contribution is -0.114. The Morgan fingerprint density at radius 1 is 1.29 bits per heavy atom. The first-order valence-corrected chi connectivity index (χ1v) is 8.19. The van der Waals surface area contributed by atoms with Gasteiger partial charge in [-0.25, -0.2) is 8.42 Å². The Kier molecular flexibility index (Phi) is 4.10. The summed E-state index contributed by atoms with van der Waals surface area (Å²) in [6.45, 7) is 5.34. The summed E-state index contributed by atoms with van der Waals surface area (Å²) in [5.74, 6) is -0.207. The van der Waals surface area contributed by atoms with Gasteiger partial charge < -0.3 is 10.4 Å². The fourth-order valence-corrected chi connectivity index (χ4v) is 3.73. The minimum absolute atomic E-state index is 0.00564. The van der Waals surface area contributed by atoms with Crippen LogP contribution < -0.4 is 5.32 Å². The molecule has 1 aromatic rings. The average molecular weight is 312 g/mol. The molecule has 1 fully saturated rings. The number of β-amino-alcohol motifs (C(OH)–C–C–N with tert-alkyl or cyclic N) is 1. The molecule has 0 aromatic heterocycles.